The molecule has 1 aliphatic rings. The molecule has 0 aromatic heterocycles. The quantitative estimate of drug-likeness (QED) is 0.645. The zero-order valence-corrected chi connectivity index (χ0v) is 10.3. The summed E-state index contributed by atoms with van der Waals surface area (Å²) in [6.45, 7) is 1.75. The van der Waals surface area contributed by atoms with E-state index in [1.165, 1.54) is 0 Å². The molecule has 94 valence electrons. The van der Waals surface area contributed by atoms with Crippen molar-refractivity contribution in [1.82, 2.24) is 9.62 Å². The van der Waals surface area contributed by atoms with E-state index in [0.29, 0.717) is 6.42 Å². The number of nitrogens with one attached hydrogen (secondary N) is 1. The Morgan fingerprint density at radius 1 is 1.44 bits per heavy atom. The first-order valence-corrected chi connectivity index (χ1v) is 7.28. The third-order valence-electron chi connectivity index (χ3n) is 2.55. The van der Waals surface area contributed by atoms with Crippen LogP contribution in [0.2, 0.25) is 0 Å². The van der Waals surface area contributed by atoms with Crippen molar-refractivity contribution in [3.63, 3.8) is 0 Å². The van der Waals surface area contributed by atoms with Crippen LogP contribution in [-0.4, -0.2) is 51.2 Å². The number of carbonyl (C=O) groups excluding carboxylic acids is 1. The molecular formula is C9H19N3O3S. The van der Waals surface area contributed by atoms with Gasteiger partial charge in [0.15, 0.2) is 0 Å². The molecule has 0 bridgehead atoms. The molecule has 3 N–H and O–H groups in total. The lowest BCUT2D eigenvalue weighted by Crippen LogP contribution is -2.44. The monoisotopic (exact) mass is 249 g/mol. The van der Waals surface area contributed by atoms with Crippen LogP contribution in [0, 0.1) is 0 Å². The Bertz CT molecular complexity index is 336. The minimum Gasteiger partial charge on any atom is -0.341 e. The fraction of sp³-hybridized carbons (Fsp3) is 0.889. The van der Waals surface area contributed by atoms with Crippen molar-refractivity contribution in [1.29, 1.82) is 0 Å². The van der Waals surface area contributed by atoms with Gasteiger partial charge >= 0.3 is 0 Å². The molecule has 1 rings (SSSR count). The van der Waals surface area contributed by atoms with Gasteiger partial charge in [-0.3, -0.25) is 4.79 Å². The van der Waals surface area contributed by atoms with E-state index >= 15 is 0 Å². The van der Waals surface area contributed by atoms with Gasteiger partial charge in [0.25, 0.3) is 0 Å². The van der Waals surface area contributed by atoms with E-state index in [2.05, 4.69) is 4.72 Å². The van der Waals surface area contributed by atoms with Crippen LogP contribution in [0.4, 0.5) is 0 Å². The SMILES string of the molecule is CS(=O)(=O)NCCC(N)C(=O)N1CCCC1. The van der Waals surface area contributed by atoms with Crippen LogP contribution in [0.5, 0.6) is 0 Å². The third kappa shape index (κ3) is 4.46. The summed E-state index contributed by atoms with van der Waals surface area (Å²) in [7, 11) is -3.19. The fourth-order valence-electron chi connectivity index (χ4n) is 1.70. The molecule has 1 amide bonds. The smallest absolute Gasteiger partial charge is 0.239 e. The van der Waals surface area contributed by atoms with Gasteiger partial charge in [0.2, 0.25) is 15.9 Å². The van der Waals surface area contributed by atoms with Crippen molar-refractivity contribution in [3.8, 4) is 0 Å². The molecule has 0 aromatic carbocycles. The number of nitrogens with two attached hydrogens (primary N) is 1. The fourth-order valence-corrected chi connectivity index (χ4v) is 2.18. The molecule has 0 aromatic rings. The number of hydrogen-bond donors (Lipinski definition) is 2. The van der Waals surface area contributed by atoms with Gasteiger partial charge < -0.3 is 10.6 Å². The van der Waals surface area contributed by atoms with Gasteiger partial charge in [0.1, 0.15) is 0 Å². The van der Waals surface area contributed by atoms with Crippen molar-refractivity contribution in [2.24, 2.45) is 5.73 Å². The predicted molar refractivity (Wildman–Crippen MR) is 61.3 cm³/mol. The molecular weight excluding hydrogens is 230 g/mol. The van der Waals surface area contributed by atoms with Crippen molar-refractivity contribution in [2.45, 2.75) is 25.3 Å². The molecule has 0 saturated carbocycles. The standard InChI is InChI=1S/C9H19N3O3S/c1-16(14,15)11-5-4-8(10)9(13)12-6-2-3-7-12/h8,11H,2-7,10H2,1H3. The molecule has 6 nitrogen and oxygen atoms in total. The largest absolute Gasteiger partial charge is 0.341 e. The maximum absolute atomic E-state index is 11.7. The molecule has 1 unspecified atom stereocenters. The molecule has 1 saturated heterocycles. The van der Waals surface area contributed by atoms with Gasteiger partial charge in [-0.2, -0.15) is 0 Å². The highest BCUT2D eigenvalue weighted by Crippen LogP contribution is 2.09. The number of nitrogens with zero attached hydrogens (tertiary/aromatic N) is 1. The topological polar surface area (TPSA) is 92.5 Å². The van der Waals surface area contributed by atoms with E-state index in [-0.39, 0.29) is 12.5 Å². The van der Waals surface area contributed by atoms with Gasteiger partial charge in [0, 0.05) is 19.6 Å². The summed E-state index contributed by atoms with van der Waals surface area (Å²) < 4.78 is 23.9. The van der Waals surface area contributed by atoms with Crippen molar-refractivity contribution in [2.75, 3.05) is 25.9 Å². The van der Waals surface area contributed by atoms with Gasteiger partial charge in [-0.05, 0) is 19.3 Å². The van der Waals surface area contributed by atoms with Crippen LogP contribution in [0.15, 0.2) is 0 Å². The number of hydrogen-bond acceptors (Lipinski definition) is 4. The third-order valence-corrected chi connectivity index (χ3v) is 3.28. The van der Waals surface area contributed by atoms with Crippen LogP contribution in [0.3, 0.4) is 0 Å². The molecule has 0 aliphatic carbocycles. The summed E-state index contributed by atoms with van der Waals surface area (Å²) in [6.07, 6.45) is 3.48. The van der Waals surface area contributed by atoms with Crippen LogP contribution < -0.4 is 10.5 Å². The van der Waals surface area contributed by atoms with E-state index in [9.17, 15) is 13.2 Å². The zero-order valence-electron chi connectivity index (χ0n) is 9.48. The van der Waals surface area contributed by atoms with Crippen LogP contribution >= 0.6 is 0 Å². The summed E-state index contributed by atoms with van der Waals surface area (Å²) >= 11 is 0. The average molecular weight is 249 g/mol. The van der Waals surface area contributed by atoms with E-state index in [1.54, 1.807) is 4.90 Å². The molecule has 1 aliphatic heterocycles. The molecule has 0 radical (unpaired) electrons. The minimum absolute atomic E-state index is 0.0761. The first-order valence-electron chi connectivity index (χ1n) is 5.39. The molecule has 1 atom stereocenters. The molecule has 0 spiro atoms. The lowest BCUT2D eigenvalue weighted by molar-refractivity contribution is -0.131. The number of carbonyl (C=O) groups is 1. The van der Waals surface area contributed by atoms with Crippen LogP contribution in [-0.2, 0) is 14.8 Å². The van der Waals surface area contributed by atoms with Crippen molar-refractivity contribution in [3.05, 3.63) is 0 Å². The Kier molecular flexibility index (Phi) is 4.69. The van der Waals surface area contributed by atoms with Gasteiger partial charge in [0.05, 0.1) is 12.3 Å². The normalized spacial score (nSPS) is 18.8. The second-order valence-electron chi connectivity index (χ2n) is 4.09. The minimum atomic E-state index is -3.19. The maximum Gasteiger partial charge on any atom is 0.239 e. The summed E-state index contributed by atoms with van der Waals surface area (Å²) in [5.74, 6) is -0.0761. The second-order valence-corrected chi connectivity index (χ2v) is 5.93. The zero-order chi connectivity index (χ0) is 12.2. The van der Waals surface area contributed by atoms with Crippen LogP contribution in [0.1, 0.15) is 19.3 Å². The molecule has 1 heterocycles. The molecule has 7 heteroatoms. The predicted octanol–water partition coefficient (Wildman–Crippen LogP) is -1.12. The van der Waals surface area contributed by atoms with Gasteiger partial charge in [-0.1, -0.05) is 0 Å². The second kappa shape index (κ2) is 5.60. The first-order chi connectivity index (χ1) is 7.40. The lowest BCUT2D eigenvalue weighted by atomic mass is 10.2. The highest BCUT2D eigenvalue weighted by molar-refractivity contribution is 7.88. The lowest BCUT2D eigenvalue weighted by Gasteiger charge is -2.20. The molecule has 1 fully saturated rings. The first kappa shape index (κ1) is 13.4. The molecule has 16 heavy (non-hydrogen) atoms. The number of likely N-dealkylation sites (tertiary alicyclic amines) is 1. The van der Waals surface area contributed by atoms with E-state index in [1.807, 2.05) is 0 Å². The van der Waals surface area contributed by atoms with Crippen LogP contribution in [0.25, 0.3) is 0 Å². The Balaban J connectivity index is 2.28. The highest BCUT2D eigenvalue weighted by Gasteiger charge is 2.23. The van der Waals surface area contributed by atoms with Gasteiger partial charge in [-0.15, -0.1) is 0 Å². The number of sulfonamides is 1. The van der Waals surface area contributed by atoms with Crippen molar-refractivity contribution < 1.29 is 13.2 Å². The maximum atomic E-state index is 11.7. The van der Waals surface area contributed by atoms with Crippen molar-refractivity contribution >= 4 is 15.9 Å². The Hall–Kier alpha value is -0.660. The summed E-state index contributed by atoms with van der Waals surface area (Å²) in [6, 6.07) is -0.604. The van der Waals surface area contributed by atoms with E-state index < -0.39 is 16.1 Å². The Morgan fingerprint density at radius 3 is 2.50 bits per heavy atom. The highest BCUT2D eigenvalue weighted by atomic mass is 32.2. The van der Waals surface area contributed by atoms with Gasteiger partial charge in [-0.25, -0.2) is 13.1 Å². The number of rotatable bonds is 5. The summed E-state index contributed by atoms with van der Waals surface area (Å²) in [5.41, 5.74) is 5.70. The summed E-state index contributed by atoms with van der Waals surface area (Å²) in [4.78, 5) is 13.5. The average Bonchev–Trinajstić information content (AvgIpc) is 2.67. The van der Waals surface area contributed by atoms with E-state index in [0.717, 1.165) is 32.2 Å². The Labute approximate surface area is 96.2 Å². The number of amides is 1. The van der Waals surface area contributed by atoms with E-state index in [4.69, 9.17) is 5.73 Å². The summed E-state index contributed by atoms with van der Waals surface area (Å²) in [5, 5.41) is 0. The Morgan fingerprint density at radius 2 is 2.00 bits per heavy atom.